The summed E-state index contributed by atoms with van der Waals surface area (Å²) in [5.74, 6) is -0.260. The summed E-state index contributed by atoms with van der Waals surface area (Å²) in [6.45, 7) is 6.00. The zero-order valence-corrected chi connectivity index (χ0v) is 14.0. The second-order valence-corrected chi connectivity index (χ2v) is 6.56. The first-order chi connectivity index (χ1) is 10.9. The minimum absolute atomic E-state index is 0.0392. The molecule has 2 aromatic rings. The van der Waals surface area contributed by atoms with Gasteiger partial charge in [0.1, 0.15) is 5.60 Å². The van der Waals surface area contributed by atoms with Crippen molar-refractivity contribution in [2.45, 2.75) is 38.7 Å². The number of benzene rings is 1. The Hall–Kier alpha value is -2.20. The van der Waals surface area contributed by atoms with Crippen molar-refractivity contribution in [3.63, 3.8) is 0 Å². The van der Waals surface area contributed by atoms with Gasteiger partial charge in [0.15, 0.2) is 0 Å². The molecule has 0 saturated heterocycles. The first kappa shape index (κ1) is 17.2. The van der Waals surface area contributed by atoms with Gasteiger partial charge in [0.05, 0.1) is 12.1 Å². The Bertz CT molecular complexity index is 631. The van der Waals surface area contributed by atoms with E-state index in [9.17, 15) is 4.79 Å². The topological polar surface area (TPSA) is 65.2 Å². The summed E-state index contributed by atoms with van der Waals surface area (Å²) in [6, 6.07) is 13.9. The molecule has 0 spiro atoms. The predicted molar refractivity (Wildman–Crippen MR) is 91.9 cm³/mol. The summed E-state index contributed by atoms with van der Waals surface area (Å²) >= 11 is 0. The standard InChI is InChI=1S/C19H24N2O2/c1-19(2,3)23-18(22)12-16(13-20)14-7-9-15(10-8-14)17-6-4-5-11-21-17/h4-11,16H,12-13,20H2,1-3H3/t16-/m0/s1. The first-order valence-electron chi connectivity index (χ1n) is 7.82. The van der Waals surface area contributed by atoms with Crippen LogP contribution < -0.4 is 5.73 Å². The molecular formula is C19H24N2O2. The molecule has 2 rings (SSSR count). The van der Waals surface area contributed by atoms with Crippen molar-refractivity contribution in [2.24, 2.45) is 5.73 Å². The molecule has 0 amide bonds. The maximum absolute atomic E-state index is 12.0. The van der Waals surface area contributed by atoms with Crippen LogP contribution in [0.3, 0.4) is 0 Å². The second kappa shape index (κ2) is 7.38. The van der Waals surface area contributed by atoms with Crippen molar-refractivity contribution < 1.29 is 9.53 Å². The highest BCUT2D eigenvalue weighted by Gasteiger charge is 2.20. The molecule has 122 valence electrons. The largest absolute Gasteiger partial charge is 0.460 e. The fourth-order valence-electron chi connectivity index (χ4n) is 2.38. The third-order valence-electron chi connectivity index (χ3n) is 3.46. The maximum Gasteiger partial charge on any atom is 0.306 e. The molecule has 0 radical (unpaired) electrons. The number of rotatable bonds is 5. The minimum atomic E-state index is -0.473. The maximum atomic E-state index is 12.0. The average molecular weight is 312 g/mol. The van der Waals surface area contributed by atoms with E-state index in [2.05, 4.69) is 4.98 Å². The van der Waals surface area contributed by atoms with Crippen molar-refractivity contribution in [3.05, 3.63) is 54.2 Å². The van der Waals surface area contributed by atoms with E-state index in [-0.39, 0.29) is 18.3 Å². The highest BCUT2D eigenvalue weighted by Crippen LogP contribution is 2.24. The van der Waals surface area contributed by atoms with Crippen LogP contribution in [0.4, 0.5) is 0 Å². The lowest BCUT2D eigenvalue weighted by molar-refractivity contribution is -0.155. The van der Waals surface area contributed by atoms with Crippen molar-refractivity contribution in [1.82, 2.24) is 4.98 Å². The van der Waals surface area contributed by atoms with E-state index in [1.165, 1.54) is 0 Å². The van der Waals surface area contributed by atoms with Gasteiger partial charge in [-0.1, -0.05) is 30.3 Å². The number of esters is 1. The third kappa shape index (κ3) is 5.18. The van der Waals surface area contributed by atoms with Crippen molar-refractivity contribution in [2.75, 3.05) is 6.54 Å². The lowest BCUT2D eigenvalue weighted by Gasteiger charge is -2.22. The van der Waals surface area contributed by atoms with Gasteiger partial charge >= 0.3 is 5.97 Å². The van der Waals surface area contributed by atoms with Gasteiger partial charge in [-0.25, -0.2) is 0 Å². The highest BCUT2D eigenvalue weighted by atomic mass is 16.6. The Labute approximate surface area is 137 Å². The lowest BCUT2D eigenvalue weighted by Crippen LogP contribution is -2.26. The fraction of sp³-hybridized carbons (Fsp3) is 0.368. The lowest BCUT2D eigenvalue weighted by atomic mass is 9.94. The normalized spacial score (nSPS) is 12.7. The molecule has 0 saturated carbocycles. The van der Waals surface area contributed by atoms with Crippen molar-refractivity contribution >= 4 is 5.97 Å². The first-order valence-corrected chi connectivity index (χ1v) is 7.82. The number of ether oxygens (including phenoxy) is 1. The number of carbonyl (C=O) groups is 1. The van der Waals surface area contributed by atoms with Gasteiger partial charge in [0.2, 0.25) is 0 Å². The highest BCUT2D eigenvalue weighted by molar-refractivity contribution is 5.71. The van der Waals surface area contributed by atoms with Crippen LogP contribution in [0, 0.1) is 0 Å². The van der Waals surface area contributed by atoms with E-state index < -0.39 is 5.60 Å². The molecule has 1 atom stereocenters. The van der Waals surface area contributed by atoms with E-state index in [0.29, 0.717) is 6.54 Å². The smallest absolute Gasteiger partial charge is 0.306 e. The van der Waals surface area contributed by atoms with Gasteiger partial charge in [-0.2, -0.15) is 0 Å². The number of aromatic nitrogens is 1. The Morgan fingerprint density at radius 3 is 2.39 bits per heavy atom. The molecule has 23 heavy (non-hydrogen) atoms. The third-order valence-corrected chi connectivity index (χ3v) is 3.46. The van der Waals surface area contributed by atoms with Gasteiger partial charge < -0.3 is 10.5 Å². The number of hydrogen-bond acceptors (Lipinski definition) is 4. The molecule has 0 fully saturated rings. The molecule has 2 N–H and O–H groups in total. The van der Waals surface area contributed by atoms with Gasteiger partial charge in [0, 0.05) is 17.7 Å². The van der Waals surface area contributed by atoms with Crippen LogP contribution >= 0.6 is 0 Å². The SMILES string of the molecule is CC(C)(C)OC(=O)C[C@@H](CN)c1ccc(-c2ccccn2)cc1. The van der Waals surface area contributed by atoms with E-state index in [0.717, 1.165) is 16.8 Å². The second-order valence-electron chi connectivity index (χ2n) is 6.56. The van der Waals surface area contributed by atoms with E-state index in [4.69, 9.17) is 10.5 Å². The molecule has 4 nitrogen and oxygen atoms in total. The number of hydrogen-bond donors (Lipinski definition) is 1. The van der Waals surface area contributed by atoms with Crippen LogP contribution in [-0.4, -0.2) is 23.1 Å². The van der Waals surface area contributed by atoms with Gasteiger partial charge in [-0.15, -0.1) is 0 Å². The van der Waals surface area contributed by atoms with E-state index in [1.807, 2.05) is 63.2 Å². The van der Waals surface area contributed by atoms with Crippen molar-refractivity contribution in [1.29, 1.82) is 0 Å². The predicted octanol–water partition coefficient (Wildman–Crippen LogP) is 3.52. The number of pyridine rings is 1. The molecule has 1 aromatic carbocycles. The van der Waals surface area contributed by atoms with Crippen LogP contribution in [0.15, 0.2) is 48.7 Å². The van der Waals surface area contributed by atoms with Crippen LogP contribution in [0.1, 0.15) is 38.7 Å². The summed E-state index contributed by atoms with van der Waals surface area (Å²) in [5.41, 5.74) is 8.38. The molecule has 0 aliphatic rings. The zero-order valence-electron chi connectivity index (χ0n) is 14.0. The van der Waals surface area contributed by atoms with Crippen LogP contribution in [0.5, 0.6) is 0 Å². The Morgan fingerprint density at radius 2 is 1.87 bits per heavy atom. The molecule has 0 unspecified atom stereocenters. The summed E-state index contributed by atoms with van der Waals surface area (Å²) in [4.78, 5) is 16.3. The number of nitrogens with two attached hydrogens (primary N) is 1. The molecule has 1 heterocycles. The molecule has 0 aliphatic carbocycles. The van der Waals surface area contributed by atoms with Gasteiger partial charge in [0.25, 0.3) is 0 Å². The Morgan fingerprint density at radius 1 is 1.17 bits per heavy atom. The Kier molecular flexibility index (Phi) is 5.50. The van der Waals surface area contributed by atoms with Gasteiger partial charge in [-0.3, -0.25) is 9.78 Å². The quantitative estimate of drug-likeness (QED) is 0.858. The average Bonchev–Trinajstić information content (AvgIpc) is 2.52. The van der Waals surface area contributed by atoms with Crippen LogP contribution in [0.2, 0.25) is 0 Å². The summed E-state index contributed by atoms with van der Waals surface area (Å²) in [7, 11) is 0. The van der Waals surface area contributed by atoms with Crippen LogP contribution in [0.25, 0.3) is 11.3 Å². The number of nitrogens with zero attached hydrogens (tertiary/aromatic N) is 1. The van der Waals surface area contributed by atoms with E-state index >= 15 is 0 Å². The summed E-state index contributed by atoms with van der Waals surface area (Å²) in [6.07, 6.45) is 2.06. The molecule has 1 aromatic heterocycles. The Balaban J connectivity index is 2.08. The van der Waals surface area contributed by atoms with Crippen molar-refractivity contribution in [3.8, 4) is 11.3 Å². The summed E-state index contributed by atoms with van der Waals surface area (Å²) in [5, 5.41) is 0. The van der Waals surface area contributed by atoms with Crippen LogP contribution in [-0.2, 0) is 9.53 Å². The zero-order chi connectivity index (χ0) is 16.9. The molecule has 0 aliphatic heterocycles. The van der Waals surface area contributed by atoms with Gasteiger partial charge in [-0.05, 0) is 45.0 Å². The molecule has 0 bridgehead atoms. The monoisotopic (exact) mass is 312 g/mol. The number of carbonyl (C=O) groups excluding carboxylic acids is 1. The van der Waals surface area contributed by atoms with E-state index in [1.54, 1.807) is 6.20 Å². The fourth-order valence-corrected chi connectivity index (χ4v) is 2.38. The minimum Gasteiger partial charge on any atom is -0.460 e. The molecular weight excluding hydrogens is 288 g/mol. The summed E-state index contributed by atoms with van der Waals surface area (Å²) < 4.78 is 5.38. The molecule has 4 heteroatoms.